The van der Waals surface area contributed by atoms with Crippen molar-refractivity contribution in [3.05, 3.63) is 23.9 Å². The average molecular weight is 243 g/mol. The van der Waals surface area contributed by atoms with Crippen molar-refractivity contribution in [2.24, 2.45) is 0 Å². The smallest absolute Gasteiger partial charge is 0.337 e. The molecule has 0 amide bonds. The zero-order chi connectivity index (χ0) is 11.1. The van der Waals surface area contributed by atoms with E-state index in [1.165, 1.54) is 6.20 Å². The third-order valence-corrected chi connectivity index (χ3v) is 3.45. The summed E-state index contributed by atoms with van der Waals surface area (Å²) in [4.78, 5) is 14.6. The first-order valence-electron chi connectivity index (χ1n) is 4.55. The molecule has 3 nitrogen and oxygen atoms in total. The van der Waals surface area contributed by atoms with Gasteiger partial charge in [-0.25, -0.2) is 9.78 Å². The second-order valence-electron chi connectivity index (χ2n) is 2.89. The lowest BCUT2D eigenvalue weighted by molar-refractivity contribution is 0.0696. The van der Waals surface area contributed by atoms with Gasteiger partial charge in [-0.05, 0) is 30.6 Å². The predicted octanol–water partition coefficient (Wildman–Crippen LogP) is 2.62. The highest BCUT2D eigenvalue weighted by Gasteiger charge is 2.02. The molecule has 0 saturated heterocycles. The monoisotopic (exact) mass is 243 g/mol. The van der Waals surface area contributed by atoms with Crippen LogP contribution < -0.4 is 0 Å². The highest BCUT2D eigenvalue weighted by molar-refractivity contribution is 7.99. The first kappa shape index (κ1) is 12.4. The van der Waals surface area contributed by atoms with Crippen LogP contribution in [0.1, 0.15) is 16.8 Å². The van der Waals surface area contributed by atoms with Crippen molar-refractivity contribution in [3.8, 4) is 0 Å². The van der Waals surface area contributed by atoms with Crippen LogP contribution in [0.25, 0.3) is 0 Å². The van der Waals surface area contributed by atoms with Crippen molar-refractivity contribution < 1.29 is 9.90 Å². The van der Waals surface area contributed by atoms with E-state index in [1.807, 2.05) is 11.8 Å². The van der Waals surface area contributed by atoms with Gasteiger partial charge in [0.15, 0.2) is 0 Å². The van der Waals surface area contributed by atoms with E-state index < -0.39 is 5.97 Å². The van der Waals surface area contributed by atoms with E-state index in [-0.39, 0.29) is 5.56 Å². The van der Waals surface area contributed by atoms with Crippen LogP contribution in [0.15, 0.2) is 23.4 Å². The predicted molar refractivity (Wildman–Crippen MR) is 64.9 cm³/mol. The molecule has 0 aliphatic heterocycles. The van der Waals surface area contributed by atoms with E-state index in [0.717, 1.165) is 23.0 Å². The standard InChI is InChI=1S/C10H13NO2S2/c1-14-5-2-6-15-9-4-3-8(7-11-9)10(12)13/h3-4,7H,2,5-6H2,1H3,(H,12,13). The Morgan fingerprint density at radius 3 is 2.80 bits per heavy atom. The lowest BCUT2D eigenvalue weighted by Crippen LogP contribution is -1.96. The van der Waals surface area contributed by atoms with Crippen LogP contribution in [0.3, 0.4) is 0 Å². The van der Waals surface area contributed by atoms with Crippen LogP contribution in [0.4, 0.5) is 0 Å². The Balaban J connectivity index is 2.39. The molecule has 0 aliphatic carbocycles. The third-order valence-electron chi connectivity index (χ3n) is 1.73. The Kier molecular flexibility index (Phi) is 5.57. The number of thioether (sulfide) groups is 2. The molecule has 0 atom stereocenters. The van der Waals surface area contributed by atoms with Crippen molar-refractivity contribution in [3.63, 3.8) is 0 Å². The molecular formula is C10H13NO2S2. The maximum Gasteiger partial charge on any atom is 0.337 e. The molecule has 0 fully saturated rings. The number of nitrogens with zero attached hydrogens (tertiary/aromatic N) is 1. The van der Waals surface area contributed by atoms with Crippen LogP contribution in [0.5, 0.6) is 0 Å². The summed E-state index contributed by atoms with van der Waals surface area (Å²) < 4.78 is 0. The quantitative estimate of drug-likeness (QED) is 0.615. The second-order valence-corrected chi connectivity index (χ2v) is 4.99. The number of carboxylic acids is 1. The number of hydrogen-bond acceptors (Lipinski definition) is 4. The van der Waals surface area contributed by atoms with E-state index >= 15 is 0 Å². The van der Waals surface area contributed by atoms with Gasteiger partial charge < -0.3 is 5.11 Å². The molecule has 0 radical (unpaired) electrons. The largest absolute Gasteiger partial charge is 0.478 e. The minimum Gasteiger partial charge on any atom is -0.478 e. The molecule has 0 unspecified atom stereocenters. The number of pyridine rings is 1. The fourth-order valence-corrected chi connectivity index (χ4v) is 2.38. The molecule has 0 spiro atoms. The zero-order valence-corrected chi connectivity index (χ0v) is 10.1. The fourth-order valence-electron chi connectivity index (χ4n) is 0.972. The molecule has 0 aromatic carbocycles. The molecule has 1 aromatic heterocycles. The van der Waals surface area contributed by atoms with E-state index in [0.29, 0.717) is 0 Å². The van der Waals surface area contributed by atoms with E-state index in [2.05, 4.69) is 11.2 Å². The van der Waals surface area contributed by atoms with Crippen LogP contribution in [0, 0.1) is 0 Å². The highest BCUT2D eigenvalue weighted by atomic mass is 32.2. The Morgan fingerprint density at radius 1 is 1.47 bits per heavy atom. The summed E-state index contributed by atoms with van der Waals surface area (Å²) in [6.45, 7) is 0. The van der Waals surface area contributed by atoms with Gasteiger partial charge in [-0.3, -0.25) is 0 Å². The first-order valence-corrected chi connectivity index (χ1v) is 6.93. The summed E-state index contributed by atoms with van der Waals surface area (Å²) in [5.41, 5.74) is 0.239. The Labute approximate surface area is 97.7 Å². The van der Waals surface area contributed by atoms with Gasteiger partial charge in [0.05, 0.1) is 10.6 Å². The summed E-state index contributed by atoms with van der Waals surface area (Å²) in [5, 5.41) is 9.56. The van der Waals surface area contributed by atoms with Crippen molar-refractivity contribution in [1.82, 2.24) is 4.98 Å². The lowest BCUT2D eigenvalue weighted by Gasteiger charge is -2.00. The molecule has 0 saturated carbocycles. The Bertz CT molecular complexity index is 314. The zero-order valence-electron chi connectivity index (χ0n) is 8.47. The highest BCUT2D eigenvalue weighted by Crippen LogP contribution is 2.16. The lowest BCUT2D eigenvalue weighted by atomic mass is 10.3. The van der Waals surface area contributed by atoms with Crippen LogP contribution in [0.2, 0.25) is 0 Å². The Morgan fingerprint density at radius 2 is 2.27 bits per heavy atom. The van der Waals surface area contributed by atoms with Gasteiger partial charge in [0.2, 0.25) is 0 Å². The number of carboxylic acid groups (broad SMARTS) is 1. The molecule has 1 aromatic rings. The molecule has 0 aliphatic rings. The maximum absolute atomic E-state index is 10.6. The first-order chi connectivity index (χ1) is 7.24. The molecule has 82 valence electrons. The molecule has 1 rings (SSSR count). The van der Waals surface area contributed by atoms with Crippen molar-refractivity contribution in [2.45, 2.75) is 11.4 Å². The van der Waals surface area contributed by atoms with Crippen molar-refractivity contribution in [2.75, 3.05) is 17.8 Å². The molecule has 1 heterocycles. The van der Waals surface area contributed by atoms with Gasteiger partial charge in [-0.15, -0.1) is 11.8 Å². The topological polar surface area (TPSA) is 50.2 Å². The fraction of sp³-hybridized carbons (Fsp3) is 0.400. The number of carbonyl (C=O) groups is 1. The van der Waals surface area contributed by atoms with E-state index in [4.69, 9.17) is 5.11 Å². The SMILES string of the molecule is CSCCCSc1ccc(C(=O)O)cn1. The van der Waals surface area contributed by atoms with Gasteiger partial charge in [-0.1, -0.05) is 0 Å². The average Bonchev–Trinajstić information content (AvgIpc) is 2.25. The minimum absolute atomic E-state index is 0.239. The number of aromatic carboxylic acids is 1. The van der Waals surface area contributed by atoms with Crippen molar-refractivity contribution >= 4 is 29.5 Å². The number of rotatable bonds is 6. The maximum atomic E-state index is 10.6. The molecule has 15 heavy (non-hydrogen) atoms. The Hall–Kier alpha value is -0.680. The molecular weight excluding hydrogens is 230 g/mol. The van der Waals surface area contributed by atoms with Crippen LogP contribution in [-0.2, 0) is 0 Å². The van der Waals surface area contributed by atoms with Gasteiger partial charge in [0.25, 0.3) is 0 Å². The number of hydrogen-bond donors (Lipinski definition) is 1. The summed E-state index contributed by atoms with van der Waals surface area (Å²) in [7, 11) is 0. The van der Waals surface area contributed by atoms with Crippen molar-refractivity contribution in [1.29, 1.82) is 0 Å². The van der Waals surface area contributed by atoms with Gasteiger partial charge in [-0.2, -0.15) is 11.8 Å². The van der Waals surface area contributed by atoms with Gasteiger partial charge in [0.1, 0.15) is 0 Å². The summed E-state index contributed by atoms with van der Waals surface area (Å²) in [5.74, 6) is 1.25. The van der Waals surface area contributed by atoms with E-state index in [9.17, 15) is 4.79 Å². The third kappa shape index (κ3) is 4.57. The van der Waals surface area contributed by atoms with Crippen LogP contribution in [-0.4, -0.2) is 33.8 Å². The summed E-state index contributed by atoms with van der Waals surface area (Å²) in [6.07, 6.45) is 4.64. The summed E-state index contributed by atoms with van der Waals surface area (Å²) in [6, 6.07) is 3.35. The summed E-state index contributed by atoms with van der Waals surface area (Å²) >= 11 is 3.50. The molecule has 0 bridgehead atoms. The minimum atomic E-state index is -0.929. The second kappa shape index (κ2) is 6.74. The van der Waals surface area contributed by atoms with Gasteiger partial charge >= 0.3 is 5.97 Å². The molecule has 5 heteroatoms. The molecule has 1 N–H and O–H groups in total. The number of aromatic nitrogens is 1. The van der Waals surface area contributed by atoms with Crippen LogP contribution >= 0.6 is 23.5 Å². The van der Waals surface area contributed by atoms with Gasteiger partial charge in [0, 0.05) is 11.9 Å². The normalized spacial score (nSPS) is 10.2. The van der Waals surface area contributed by atoms with E-state index in [1.54, 1.807) is 23.9 Å².